The van der Waals surface area contributed by atoms with Gasteiger partial charge in [-0.15, -0.1) is 0 Å². The van der Waals surface area contributed by atoms with Crippen LogP contribution in [0.25, 0.3) is 5.52 Å². The molecule has 0 radical (unpaired) electrons. The Bertz CT molecular complexity index is 601. The molecule has 0 aromatic carbocycles. The Balaban J connectivity index is 1.74. The highest BCUT2D eigenvalue weighted by molar-refractivity contribution is 6.00. The maximum absolute atomic E-state index is 12.5. The predicted molar refractivity (Wildman–Crippen MR) is 77.7 cm³/mol. The summed E-state index contributed by atoms with van der Waals surface area (Å²) < 4.78 is 1.74. The van der Waals surface area contributed by atoms with Crippen LogP contribution in [0.3, 0.4) is 0 Å². The van der Waals surface area contributed by atoms with Gasteiger partial charge in [-0.3, -0.25) is 4.79 Å². The van der Waals surface area contributed by atoms with Crippen LogP contribution in [0, 0.1) is 5.92 Å². The van der Waals surface area contributed by atoms with Crippen molar-refractivity contribution in [3.05, 3.63) is 36.2 Å². The Labute approximate surface area is 118 Å². The van der Waals surface area contributed by atoms with Gasteiger partial charge >= 0.3 is 0 Å². The van der Waals surface area contributed by atoms with Gasteiger partial charge in [-0.1, -0.05) is 6.07 Å². The molecule has 1 fully saturated rings. The van der Waals surface area contributed by atoms with Crippen molar-refractivity contribution >= 4 is 11.4 Å². The van der Waals surface area contributed by atoms with E-state index >= 15 is 0 Å². The second kappa shape index (κ2) is 5.63. The number of piperidine rings is 1. The van der Waals surface area contributed by atoms with Crippen molar-refractivity contribution in [2.24, 2.45) is 5.92 Å². The fourth-order valence-electron chi connectivity index (χ4n) is 2.85. The Morgan fingerprint density at radius 1 is 1.55 bits per heavy atom. The van der Waals surface area contributed by atoms with Gasteiger partial charge in [-0.25, -0.2) is 4.52 Å². The molecule has 106 valence electrons. The van der Waals surface area contributed by atoms with E-state index < -0.39 is 0 Å². The van der Waals surface area contributed by atoms with E-state index in [0.29, 0.717) is 11.5 Å². The molecule has 2 aromatic heterocycles. The minimum absolute atomic E-state index is 0.0526. The number of aromatic nitrogens is 2. The van der Waals surface area contributed by atoms with Gasteiger partial charge in [0.05, 0.1) is 17.3 Å². The van der Waals surface area contributed by atoms with Gasteiger partial charge < -0.3 is 10.2 Å². The van der Waals surface area contributed by atoms with Gasteiger partial charge in [0.25, 0.3) is 5.91 Å². The number of rotatable bonds is 3. The van der Waals surface area contributed by atoms with Gasteiger partial charge in [-0.2, -0.15) is 5.10 Å². The molecular weight excluding hydrogens is 252 g/mol. The van der Waals surface area contributed by atoms with Gasteiger partial charge in [0, 0.05) is 19.8 Å². The summed E-state index contributed by atoms with van der Waals surface area (Å²) in [5.74, 6) is 0.608. The molecular formula is C15H20N4O. The normalized spacial score (nSPS) is 19.1. The number of fused-ring (bicyclic) bond motifs is 1. The molecule has 1 N–H and O–H groups in total. The zero-order valence-corrected chi connectivity index (χ0v) is 11.7. The van der Waals surface area contributed by atoms with Gasteiger partial charge in [0.2, 0.25) is 0 Å². The van der Waals surface area contributed by atoms with Crippen molar-refractivity contribution in [3.63, 3.8) is 0 Å². The van der Waals surface area contributed by atoms with E-state index in [1.807, 2.05) is 36.3 Å². The van der Waals surface area contributed by atoms with E-state index in [9.17, 15) is 4.79 Å². The molecule has 2 aromatic rings. The lowest BCUT2D eigenvalue weighted by Crippen LogP contribution is -2.39. The fraction of sp³-hybridized carbons (Fsp3) is 0.467. The third-order valence-electron chi connectivity index (χ3n) is 3.93. The first-order valence-corrected chi connectivity index (χ1v) is 7.14. The Morgan fingerprint density at radius 3 is 3.25 bits per heavy atom. The van der Waals surface area contributed by atoms with Crippen molar-refractivity contribution in [2.75, 3.05) is 26.7 Å². The number of carbonyl (C=O) groups excluding carboxylic acids is 1. The number of amides is 1. The molecule has 1 amide bonds. The van der Waals surface area contributed by atoms with E-state index in [1.54, 1.807) is 10.7 Å². The SMILES string of the molecule is CN(CC1CCCNC1)C(=O)c1cnn2ccccc12. The lowest BCUT2D eigenvalue weighted by molar-refractivity contribution is 0.0766. The average molecular weight is 272 g/mol. The fourth-order valence-corrected chi connectivity index (χ4v) is 2.85. The van der Waals surface area contributed by atoms with Crippen LogP contribution in [0.1, 0.15) is 23.2 Å². The van der Waals surface area contributed by atoms with Crippen molar-refractivity contribution in [1.82, 2.24) is 19.8 Å². The molecule has 3 rings (SSSR count). The molecule has 1 atom stereocenters. The summed E-state index contributed by atoms with van der Waals surface area (Å²) in [5.41, 5.74) is 1.54. The summed E-state index contributed by atoms with van der Waals surface area (Å²) in [4.78, 5) is 14.4. The smallest absolute Gasteiger partial charge is 0.257 e. The Morgan fingerprint density at radius 2 is 2.45 bits per heavy atom. The first kappa shape index (κ1) is 13.1. The molecule has 20 heavy (non-hydrogen) atoms. The molecule has 0 aliphatic carbocycles. The molecule has 0 saturated carbocycles. The summed E-state index contributed by atoms with van der Waals surface area (Å²) in [6, 6.07) is 5.76. The predicted octanol–water partition coefficient (Wildman–Crippen LogP) is 1.41. The second-order valence-corrected chi connectivity index (χ2v) is 5.49. The number of hydrogen-bond donors (Lipinski definition) is 1. The van der Waals surface area contributed by atoms with Crippen LogP contribution >= 0.6 is 0 Å². The summed E-state index contributed by atoms with van der Waals surface area (Å²) in [7, 11) is 1.88. The standard InChI is InChI=1S/C15H20N4O/c1-18(11-12-5-4-7-16-9-12)15(20)13-10-17-19-8-3-2-6-14(13)19/h2-3,6,8,10,12,16H,4-5,7,9,11H2,1H3. The minimum Gasteiger partial charge on any atom is -0.341 e. The van der Waals surface area contributed by atoms with Crippen LogP contribution in [0.2, 0.25) is 0 Å². The van der Waals surface area contributed by atoms with Gasteiger partial charge in [0.1, 0.15) is 0 Å². The highest BCUT2D eigenvalue weighted by Gasteiger charge is 2.21. The summed E-state index contributed by atoms with van der Waals surface area (Å²) >= 11 is 0. The van der Waals surface area contributed by atoms with E-state index in [2.05, 4.69) is 10.4 Å². The molecule has 1 saturated heterocycles. The summed E-state index contributed by atoms with van der Waals surface area (Å²) in [6.45, 7) is 2.91. The third-order valence-corrected chi connectivity index (χ3v) is 3.93. The van der Waals surface area contributed by atoms with E-state index in [1.165, 1.54) is 12.8 Å². The van der Waals surface area contributed by atoms with Crippen LogP contribution in [-0.4, -0.2) is 47.1 Å². The van der Waals surface area contributed by atoms with Crippen LogP contribution in [-0.2, 0) is 0 Å². The summed E-state index contributed by atoms with van der Waals surface area (Å²) in [6.07, 6.45) is 5.91. The van der Waals surface area contributed by atoms with Crippen LogP contribution < -0.4 is 5.32 Å². The maximum atomic E-state index is 12.5. The van der Waals surface area contributed by atoms with Gasteiger partial charge in [0.15, 0.2) is 0 Å². The van der Waals surface area contributed by atoms with E-state index in [4.69, 9.17) is 0 Å². The largest absolute Gasteiger partial charge is 0.341 e. The maximum Gasteiger partial charge on any atom is 0.257 e. The number of nitrogens with one attached hydrogen (secondary N) is 1. The van der Waals surface area contributed by atoms with Gasteiger partial charge in [-0.05, 0) is 44.0 Å². The second-order valence-electron chi connectivity index (χ2n) is 5.49. The molecule has 1 aliphatic heterocycles. The molecule has 5 heteroatoms. The highest BCUT2D eigenvalue weighted by atomic mass is 16.2. The van der Waals surface area contributed by atoms with Crippen molar-refractivity contribution in [1.29, 1.82) is 0 Å². The average Bonchev–Trinajstić information content (AvgIpc) is 2.91. The minimum atomic E-state index is 0.0526. The topological polar surface area (TPSA) is 49.6 Å². The lowest BCUT2D eigenvalue weighted by atomic mass is 9.99. The molecule has 0 bridgehead atoms. The van der Waals surface area contributed by atoms with Crippen molar-refractivity contribution in [3.8, 4) is 0 Å². The number of nitrogens with zero attached hydrogens (tertiary/aromatic N) is 3. The van der Waals surface area contributed by atoms with Crippen LogP contribution in [0.15, 0.2) is 30.6 Å². The van der Waals surface area contributed by atoms with Crippen molar-refractivity contribution in [2.45, 2.75) is 12.8 Å². The zero-order valence-electron chi connectivity index (χ0n) is 11.7. The van der Waals surface area contributed by atoms with Crippen LogP contribution in [0.4, 0.5) is 0 Å². The molecule has 5 nitrogen and oxygen atoms in total. The number of pyridine rings is 1. The number of carbonyl (C=O) groups is 1. The number of hydrogen-bond acceptors (Lipinski definition) is 3. The first-order chi connectivity index (χ1) is 9.75. The van der Waals surface area contributed by atoms with E-state index in [0.717, 1.165) is 25.2 Å². The highest BCUT2D eigenvalue weighted by Crippen LogP contribution is 2.15. The molecule has 3 heterocycles. The molecule has 1 unspecified atom stereocenters. The summed E-state index contributed by atoms with van der Waals surface area (Å²) in [5, 5.41) is 7.61. The molecule has 1 aliphatic rings. The third kappa shape index (κ3) is 2.54. The molecule has 0 spiro atoms. The van der Waals surface area contributed by atoms with E-state index in [-0.39, 0.29) is 5.91 Å². The van der Waals surface area contributed by atoms with Crippen LogP contribution in [0.5, 0.6) is 0 Å². The lowest BCUT2D eigenvalue weighted by Gasteiger charge is -2.27. The Hall–Kier alpha value is -1.88. The quantitative estimate of drug-likeness (QED) is 0.919. The monoisotopic (exact) mass is 272 g/mol. The Kier molecular flexibility index (Phi) is 3.69. The zero-order chi connectivity index (χ0) is 13.9. The van der Waals surface area contributed by atoms with Crippen molar-refractivity contribution < 1.29 is 4.79 Å². The first-order valence-electron chi connectivity index (χ1n) is 7.14.